The third-order valence-electron chi connectivity index (χ3n) is 1.10. The van der Waals surface area contributed by atoms with Crippen molar-refractivity contribution in [3.05, 3.63) is 28.5 Å². The SMILES string of the molecule is CC(=O)Oc1cc(F)cc(Br)c1. The first kappa shape index (κ1) is 9.19. The Balaban J connectivity index is 2.93. The number of halogens is 2. The molecule has 64 valence electrons. The van der Waals surface area contributed by atoms with Crippen molar-refractivity contribution < 1.29 is 13.9 Å². The quantitative estimate of drug-likeness (QED) is 0.550. The van der Waals surface area contributed by atoms with Crippen molar-refractivity contribution in [2.75, 3.05) is 0 Å². The number of benzene rings is 1. The summed E-state index contributed by atoms with van der Waals surface area (Å²) in [5.41, 5.74) is 0. The highest BCUT2D eigenvalue weighted by Crippen LogP contribution is 2.20. The molecule has 0 fully saturated rings. The Bertz CT molecular complexity index is 292. The number of hydrogen-bond donors (Lipinski definition) is 0. The van der Waals surface area contributed by atoms with Gasteiger partial charge in [0.25, 0.3) is 0 Å². The summed E-state index contributed by atoms with van der Waals surface area (Å²) in [5, 5.41) is 0. The van der Waals surface area contributed by atoms with Crippen LogP contribution in [0.5, 0.6) is 5.75 Å². The summed E-state index contributed by atoms with van der Waals surface area (Å²) in [5.74, 6) is -0.706. The van der Waals surface area contributed by atoms with Gasteiger partial charge in [-0.3, -0.25) is 4.79 Å². The first-order valence-electron chi connectivity index (χ1n) is 3.22. The van der Waals surface area contributed by atoms with Crippen LogP contribution in [0.4, 0.5) is 4.39 Å². The molecule has 1 aromatic carbocycles. The van der Waals surface area contributed by atoms with Crippen molar-refractivity contribution in [3.8, 4) is 5.75 Å². The van der Waals surface area contributed by atoms with Gasteiger partial charge in [0.05, 0.1) is 0 Å². The van der Waals surface area contributed by atoms with E-state index in [4.69, 9.17) is 0 Å². The lowest BCUT2D eigenvalue weighted by molar-refractivity contribution is -0.131. The zero-order valence-corrected chi connectivity index (χ0v) is 7.89. The summed E-state index contributed by atoms with van der Waals surface area (Å²) in [7, 11) is 0. The van der Waals surface area contributed by atoms with Gasteiger partial charge in [0.1, 0.15) is 11.6 Å². The highest BCUT2D eigenvalue weighted by Gasteiger charge is 2.01. The molecule has 1 aromatic rings. The number of carbonyl (C=O) groups excluding carboxylic acids is 1. The van der Waals surface area contributed by atoms with Gasteiger partial charge in [0.15, 0.2) is 0 Å². The van der Waals surface area contributed by atoms with Crippen LogP contribution in [0, 0.1) is 5.82 Å². The summed E-state index contributed by atoms with van der Waals surface area (Å²) in [6.07, 6.45) is 0. The molecule has 1 rings (SSSR count). The van der Waals surface area contributed by atoms with Crippen molar-refractivity contribution in [2.45, 2.75) is 6.92 Å². The van der Waals surface area contributed by atoms with Gasteiger partial charge in [0.2, 0.25) is 0 Å². The van der Waals surface area contributed by atoms with Crippen molar-refractivity contribution in [1.82, 2.24) is 0 Å². The Morgan fingerprint density at radius 3 is 2.67 bits per heavy atom. The predicted octanol–water partition coefficient (Wildman–Crippen LogP) is 2.51. The highest BCUT2D eigenvalue weighted by molar-refractivity contribution is 9.10. The highest BCUT2D eigenvalue weighted by atomic mass is 79.9. The Labute approximate surface area is 77.5 Å². The Kier molecular flexibility index (Phi) is 2.81. The maximum absolute atomic E-state index is 12.7. The fraction of sp³-hybridized carbons (Fsp3) is 0.125. The van der Waals surface area contributed by atoms with Gasteiger partial charge in [0, 0.05) is 17.5 Å². The number of rotatable bonds is 1. The van der Waals surface area contributed by atoms with E-state index < -0.39 is 11.8 Å². The van der Waals surface area contributed by atoms with Gasteiger partial charge >= 0.3 is 5.97 Å². The maximum Gasteiger partial charge on any atom is 0.308 e. The van der Waals surface area contributed by atoms with Crippen LogP contribution in [0.15, 0.2) is 22.7 Å². The molecule has 0 atom stereocenters. The third kappa shape index (κ3) is 2.62. The average molecular weight is 233 g/mol. The second-order valence-corrected chi connectivity index (χ2v) is 3.11. The van der Waals surface area contributed by atoms with E-state index in [0.29, 0.717) is 4.47 Å². The van der Waals surface area contributed by atoms with E-state index in [1.165, 1.54) is 19.1 Å². The van der Waals surface area contributed by atoms with Crippen LogP contribution in [0.2, 0.25) is 0 Å². The Morgan fingerprint density at radius 2 is 2.17 bits per heavy atom. The van der Waals surface area contributed by atoms with Crippen LogP contribution >= 0.6 is 15.9 Å². The molecule has 0 aromatic heterocycles. The molecule has 12 heavy (non-hydrogen) atoms. The lowest BCUT2D eigenvalue weighted by atomic mass is 10.3. The van der Waals surface area contributed by atoms with Crippen molar-refractivity contribution in [1.29, 1.82) is 0 Å². The van der Waals surface area contributed by atoms with Gasteiger partial charge in [-0.05, 0) is 12.1 Å². The van der Waals surface area contributed by atoms with E-state index in [1.54, 1.807) is 0 Å². The molecule has 2 nitrogen and oxygen atoms in total. The topological polar surface area (TPSA) is 26.3 Å². The van der Waals surface area contributed by atoms with Gasteiger partial charge in [-0.2, -0.15) is 0 Å². The number of hydrogen-bond acceptors (Lipinski definition) is 2. The van der Waals surface area contributed by atoms with Gasteiger partial charge in [-0.1, -0.05) is 15.9 Å². The maximum atomic E-state index is 12.7. The van der Waals surface area contributed by atoms with E-state index in [0.717, 1.165) is 6.07 Å². The zero-order valence-electron chi connectivity index (χ0n) is 6.30. The van der Waals surface area contributed by atoms with Crippen LogP contribution in [0.3, 0.4) is 0 Å². The fourth-order valence-electron chi connectivity index (χ4n) is 0.753. The molecule has 0 spiro atoms. The third-order valence-corrected chi connectivity index (χ3v) is 1.56. The van der Waals surface area contributed by atoms with Crippen molar-refractivity contribution >= 4 is 21.9 Å². The van der Waals surface area contributed by atoms with E-state index in [2.05, 4.69) is 20.7 Å². The minimum absolute atomic E-state index is 0.203. The fourth-order valence-corrected chi connectivity index (χ4v) is 1.20. The summed E-state index contributed by atoms with van der Waals surface area (Å²) >= 11 is 3.07. The molecule has 0 saturated carbocycles. The van der Waals surface area contributed by atoms with Crippen LogP contribution in [-0.2, 0) is 4.79 Å². The molecule has 0 aliphatic rings. The van der Waals surface area contributed by atoms with Crippen LogP contribution in [-0.4, -0.2) is 5.97 Å². The second kappa shape index (κ2) is 3.67. The molecule has 0 aliphatic heterocycles. The van der Waals surface area contributed by atoms with Gasteiger partial charge in [-0.25, -0.2) is 4.39 Å². The lowest BCUT2D eigenvalue weighted by Gasteiger charge is -2.00. The molecule has 0 unspecified atom stereocenters. The molecule has 0 aliphatic carbocycles. The summed E-state index contributed by atoms with van der Waals surface area (Å²) in [6.45, 7) is 1.26. The minimum atomic E-state index is -0.465. The molecular formula is C8H6BrFO2. The molecule has 0 amide bonds. The largest absolute Gasteiger partial charge is 0.427 e. The smallest absolute Gasteiger partial charge is 0.308 e. The predicted molar refractivity (Wildman–Crippen MR) is 45.4 cm³/mol. The lowest BCUT2D eigenvalue weighted by Crippen LogP contribution is -2.01. The standard InChI is InChI=1S/C8H6BrFO2/c1-5(11)12-8-3-6(9)2-7(10)4-8/h2-4H,1H3. The minimum Gasteiger partial charge on any atom is -0.427 e. The number of carbonyl (C=O) groups is 1. The Hall–Kier alpha value is -0.900. The molecule has 0 saturated heterocycles. The summed E-state index contributed by atoms with van der Waals surface area (Å²) in [4.78, 5) is 10.5. The van der Waals surface area contributed by atoms with Gasteiger partial charge in [-0.15, -0.1) is 0 Å². The Morgan fingerprint density at radius 1 is 1.50 bits per heavy atom. The van der Waals surface area contributed by atoms with Crippen LogP contribution in [0.1, 0.15) is 6.92 Å². The first-order chi connectivity index (χ1) is 5.58. The molecule has 0 radical (unpaired) electrons. The van der Waals surface area contributed by atoms with Crippen molar-refractivity contribution in [2.24, 2.45) is 0 Å². The normalized spacial score (nSPS) is 9.58. The second-order valence-electron chi connectivity index (χ2n) is 2.20. The molecule has 0 heterocycles. The zero-order chi connectivity index (χ0) is 9.14. The molecule has 0 bridgehead atoms. The van der Waals surface area contributed by atoms with E-state index in [1.807, 2.05) is 0 Å². The van der Waals surface area contributed by atoms with Gasteiger partial charge < -0.3 is 4.74 Å². The number of esters is 1. The van der Waals surface area contributed by atoms with E-state index in [9.17, 15) is 9.18 Å². The van der Waals surface area contributed by atoms with Crippen LogP contribution in [0.25, 0.3) is 0 Å². The average Bonchev–Trinajstić information content (AvgIpc) is 1.81. The molecule has 4 heteroatoms. The summed E-state index contributed by atoms with van der Waals surface area (Å²) in [6, 6.07) is 3.95. The first-order valence-corrected chi connectivity index (χ1v) is 4.02. The van der Waals surface area contributed by atoms with Crippen molar-refractivity contribution in [3.63, 3.8) is 0 Å². The molecular weight excluding hydrogens is 227 g/mol. The monoisotopic (exact) mass is 232 g/mol. The molecule has 0 N–H and O–H groups in total. The number of ether oxygens (including phenoxy) is 1. The van der Waals surface area contributed by atoms with E-state index >= 15 is 0 Å². The van der Waals surface area contributed by atoms with Crippen LogP contribution < -0.4 is 4.74 Å². The van der Waals surface area contributed by atoms with E-state index in [-0.39, 0.29) is 5.75 Å². The summed E-state index contributed by atoms with van der Waals surface area (Å²) < 4.78 is 17.9.